The number of aromatic nitrogens is 1. The Kier molecular flexibility index (Phi) is 3.94. The molecular weight excluding hydrogens is 300 g/mol. The highest BCUT2D eigenvalue weighted by Gasteiger charge is 2.12. The van der Waals surface area contributed by atoms with Gasteiger partial charge in [-0.15, -0.1) is 0 Å². The van der Waals surface area contributed by atoms with Gasteiger partial charge in [0.25, 0.3) is 5.91 Å². The zero-order valence-electron chi connectivity index (χ0n) is 11.6. The number of rotatable bonds is 3. The van der Waals surface area contributed by atoms with E-state index in [2.05, 4.69) is 10.3 Å². The normalized spacial score (nSPS) is 10.6. The fourth-order valence-electron chi connectivity index (χ4n) is 2.23. The number of H-pyrrole nitrogens is 1. The average molecular weight is 313 g/mol. The zero-order valence-corrected chi connectivity index (χ0v) is 12.4. The minimum absolute atomic E-state index is 0.0747. The molecule has 1 amide bonds. The van der Waals surface area contributed by atoms with E-state index in [1.54, 1.807) is 18.2 Å². The summed E-state index contributed by atoms with van der Waals surface area (Å²) < 4.78 is 0. The standard InChI is InChI=1S/C17H13ClN2O2/c18-12-6-7-15-13(8-12)16(21)14(10-19-15)17(22)20-9-11-4-2-1-3-5-11/h1-8,10H,9H2,(H,19,21)(H,20,22). The molecule has 0 saturated carbocycles. The topological polar surface area (TPSA) is 62.0 Å². The van der Waals surface area contributed by atoms with Crippen molar-refractivity contribution in [2.45, 2.75) is 6.54 Å². The molecule has 4 nitrogen and oxygen atoms in total. The Balaban J connectivity index is 1.88. The van der Waals surface area contributed by atoms with Crippen LogP contribution >= 0.6 is 11.6 Å². The van der Waals surface area contributed by atoms with Crippen molar-refractivity contribution in [3.05, 3.63) is 81.1 Å². The van der Waals surface area contributed by atoms with E-state index in [1.807, 2.05) is 30.3 Å². The minimum atomic E-state index is -0.410. The van der Waals surface area contributed by atoms with E-state index in [9.17, 15) is 9.59 Å². The van der Waals surface area contributed by atoms with Gasteiger partial charge in [0.05, 0.1) is 0 Å². The summed E-state index contributed by atoms with van der Waals surface area (Å²) in [5, 5.41) is 3.60. The Hall–Kier alpha value is -2.59. The number of fused-ring (bicyclic) bond motifs is 1. The molecule has 2 aromatic carbocycles. The number of carbonyl (C=O) groups excluding carboxylic acids is 1. The summed E-state index contributed by atoms with van der Waals surface area (Å²) in [5.74, 6) is -0.410. The maximum atomic E-state index is 12.4. The Bertz CT molecular complexity index is 888. The molecule has 0 bridgehead atoms. The summed E-state index contributed by atoms with van der Waals surface area (Å²) in [5.41, 5.74) is 1.36. The largest absolute Gasteiger partial charge is 0.360 e. The van der Waals surface area contributed by atoms with Crippen LogP contribution in [0.1, 0.15) is 15.9 Å². The molecule has 5 heteroatoms. The van der Waals surface area contributed by atoms with Crippen molar-refractivity contribution in [1.29, 1.82) is 0 Å². The second kappa shape index (κ2) is 6.03. The van der Waals surface area contributed by atoms with Crippen LogP contribution < -0.4 is 10.7 Å². The predicted octanol–water partition coefficient (Wildman–Crippen LogP) is 3.11. The van der Waals surface area contributed by atoms with E-state index >= 15 is 0 Å². The number of hydrogen-bond donors (Lipinski definition) is 2. The van der Waals surface area contributed by atoms with Gasteiger partial charge in [0.2, 0.25) is 5.43 Å². The lowest BCUT2D eigenvalue weighted by atomic mass is 10.1. The van der Waals surface area contributed by atoms with Crippen LogP contribution in [0.25, 0.3) is 10.9 Å². The number of aromatic amines is 1. The van der Waals surface area contributed by atoms with E-state index < -0.39 is 5.91 Å². The van der Waals surface area contributed by atoms with Crippen molar-refractivity contribution in [3.63, 3.8) is 0 Å². The molecule has 1 heterocycles. The van der Waals surface area contributed by atoms with Crippen LogP contribution in [0.5, 0.6) is 0 Å². The molecular formula is C17H13ClN2O2. The molecule has 0 atom stereocenters. The fraction of sp³-hybridized carbons (Fsp3) is 0.0588. The first kappa shape index (κ1) is 14.4. The Morgan fingerprint density at radius 3 is 2.68 bits per heavy atom. The van der Waals surface area contributed by atoms with Gasteiger partial charge < -0.3 is 10.3 Å². The van der Waals surface area contributed by atoms with Crippen molar-refractivity contribution < 1.29 is 4.79 Å². The van der Waals surface area contributed by atoms with Gasteiger partial charge in [-0.2, -0.15) is 0 Å². The molecule has 0 aliphatic rings. The number of pyridine rings is 1. The first-order chi connectivity index (χ1) is 10.6. The molecule has 0 saturated heterocycles. The Morgan fingerprint density at radius 1 is 1.14 bits per heavy atom. The first-order valence-electron chi connectivity index (χ1n) is 6.78. The highest BCUT2D eigenvalue weighted by Crippen LogP contribution is 2.15. The first-order valence-corrected chi connectivity index (χ1v) is 7.16. The molecule has 3 rings (SSSR count). The SMILES string of the molecule is O=C(NCc1ccccc1)c1c[nH]c2ccc(Cl)cc2c1=O. The van der Waals surface area contributed by atoms with Gasteiger partial charge in [0.15, 0.2) is 0 Å². The van der Waals surface area contributed by atoms with E-state index in [0.717, 1.165) is 5.56 Å². The third-order valence-electron chi connectivity index (χ3n) is 3.38. The molecule has 0 spiro atoms. The third kappa shape index (κ3) is 2.87. The van der Waals surface area contributed by atoms with Crippen LogP contribution in [0.3, 0.4) is 0 Å². The molecule has 0 unspecified atom stereocenters. The lowest BCUT2D eigenvalue weighted by Gasteiger charge is -2.06. The number of halogens is 1. The number of nitrogens with one attached hydrogen (secondary N) is 2. The van der Waals surface area contributed by atoms with E-state index in [0.29, 0.717) is 22.5 Å². The predicted molar refractivity (Wildman–Crippen MR) is 87.2 cm³/mol. The van der Waals surface area contributed by atoms with E-state index in [1.165, 1.54) is 6.20 Å². The van der Waals surface area contributed by atoms with Gasteiger partial charge in [-0.05, 0) is 23.8 Å². The van der Waals surface area contributed by atoms with Gasteiger partial charge in [-0.3, -0.25) is 9.59 Å². The van der Waals surface area contributed by atoms with Gasteiger partial charge in [0, 0.05) is 28.7 Å². The molecule has 2 N–H and O–H groups in total. The summed E-state index contributed by atoms with van der Waals surface area (Å²) in [6, 6.07) is 14.5. The van der Waals surface area contributed by atoms with Crippen LogP contribution in [0, 0.1) is 0 Å². The molecule has 22 heavy (non-hydrogen) atoms. The maximum absolute atomic E-state index is 12.4. The lowest BCUT2D eigenvalue weighted by molar-refractivity contribution is 0.0949. The number of benzene rings is 2. The van der Waals surface area contributed by atoms with Crippen LogP contribution in [0.4, 0.5) is 0 Å². The second-order valence-electron chi connectivity index (χ2n) is 4.89. The summed E-state index contributed by atoms with van der Waals surface area (Å²) in [6.07, 6.45) is 1.43. The molecule has 110 valence electrons. The summed E-state index contributed by atoms with van der Waals surface area (Å²) in [4.78, 5) is 27.5. The minimum Gasteiger partial charge on any atom is -0.360 e. The number of hydrogen-bond acceptors (Lipinski definition) is 2. The molecule has 3 aromatic rings. The smallest absolute Gasteiger partial charge is 0.257 e. The molecule has 0 aliphatic carbocycles. The van der Waals surface area contributed by atoms with Crippen molar-refractivity contribution >= 4 is 28.4 Å². The second-order valence-corrected chi connectivity index (χ2v) is 5.33. The van der Waals surface area contributed by atoms with Crippen LogP contribution in [-0.4, -0.2) is 10.9 Å². The van der Waals surface area contributed by atoms with Crippen molar-refractivity contribution in [3.8, 4) is 0 Å². The van der Waals surface area contributed by atoms with Crippen molar-refractivity contribution in [1.82, 2.24) is 10.3 Å². The third-order valence-corrected chi connectivity index (χ3v) is 3.62. The van der Waals surface area contributed by atoms with Gasteiger partial charge in [0.1, 0.15) is 5.56 Å². The highest BCUT2D eigenvalue weighted by molar-refractivity contribution is 6.31. The highest BCUT2D eigenvalue weighted by atomic mass is 35.5. The van der Waals surface area contributed by atoms with E-state index in [-0.39, 0.29) is 11.0 Å². The average Bonchev–Trinajstić information content (AvgIpc) is 2.54. The zero-order chi connectivity index (χ0) is 15.5. The van der Waals surface area contributed by atoms with Gasteiger partial charge in [-0.25, -0.2) is 0 Å². The number of amides is 1. The van der Waals surface area contributed by atoms with Crippen LogP contribution in [0.2, 0.25) is 5.02 Å². The molecule has 0 aliphatic heterocycles. The molecule has 1 aromatic heterocycles. The Morgan fingerprint density at radius 2 is 1.91 bits per heavy atom. The summed E-state index contributed by atoms with van der Waals surface area (Å²) in [6.45, 7) is 0.368. The Labute approximate surface area is 131 Å². The van der Waals surface area contributed by atoms with Crippen molar-refractivity contribution in [2.24, 2.45) is 0 Å². The lowest BCUT2D eigenvalue weighted by Crippen LogP contribution is -2.28. The summed E-state index contributed by atoms with van der Waals surface area (Å²) >= 11 is 5.91. The maximum Gasteiger partial charge on any atom is 0.257 e. The fourth-order valence-corrected chi connectivity index (χ4v) is 2.40. The quantitative estimate of drug-likeness (QED) is 0.780. The van der Waals surface area contributed by atoms with Crippen LogP contribution in [-0.2, 0) is 6.54 Å². The molecule has 0 fully saturated rings. The van der Waals surface area contributed by atoms with Gasteiger partial charge in [-0.1, -0.05) is 41.9 Å². The van der Waals surface area contributed by atoms with Gasteiger partial charge >= 0.3 is 0 Å². The van der Waals surface area contributed by atoms with E-state index in [4.69, 9.17) is 11.6 Å². The molecule has 0 radical (unpaired) electrons. The summed E-state index contributed by atoms with van der Waals surface area (Å²) in [7, 11) is 0. The van der Waals surface area contributed by atoms with Crippen LogP contribution in [0.15, 0.2) is 59.5 Å². The van der Waals surface area contributed by atoms with Crippen molar-refractivity contribution in [2.75, 3.05) is 0 Å². The monoisotopic (exact) mass is 312 g/mol. The number of carbonyl (C=O) groups is 1.